The van der Waals surface area contributed by atoms with Gasteiger partial charge in [-0.3, -0.25) is 0 Å². The third-order valence-corrected chi connectivity index (χ3v) is 2.12. The van der Waals surface area contributed by atoms with Crippen LogP contribution in [0, 0.1) is 0 Å². The lowest BCUT2D eigenvalue weighted by molar-refractivity contribution is -0.140. The van der Waals surface area contributed by atoms with E-state index in [2.05, 4.69) is 29.6 Å². The summed E-state index contributed by atoms with van der Waals surface area (Å²) >= 11 is 0. The van der Waals surface area contributed by atoms with Crippen molar-refractivity contribution < 1.29 is 28.5 Å². The van der Waals surface area contributed by atoms with E-state index in [-0.39, 0.29) is 0 Å². The fourth-order valence-corrected chi connectivity index (χ4v) is 1.01. The van der Waals surface area contributed by atoms with Gasteiger partial charge in [0.1, 0.15) is 13.2 Å². The van der Waals surface area contributed by atoms with Gasteiger partial charge in [0.25, 0.3) is 0 Å². The lowest BCUT2D eigenvalue weighted by Crippen LogP contribution is -2.08. The van der Waals surface area contributed by atoms with Gasteiger partial charge in [0, 0.05) is 25.4 Å². The highest BCUT2D eigenvalue weighted by Crippen LogP contribution is 1.88. The SMILES string of the molecule is C=CC(=O)OCCOCC.C=CC(=O)OCCOCCCC. The van der Waals surface area contributed by atoms with E-state index < -0.39 is 11.9 Å². The van der Waals surface area contributed by atoms with E-state index in [0.717, 1.165) is 31.6 Å². The van der Waals surface area contributed by atoms with E-state index in [1.54, 1.807) is 0 Å². The molecule has 0 bridgehead atoms. The zero-order valence-corrected chi connectivity index (χ0v) is 13.7. The first-order valence-electron chi connectivity index (χ1n) is 7.36. The fraction of sp³-hybridized carbons (Fsp3) is 0.625. The first-order valence-corrected chi connectivity index (χ1v) is 7.36. The van der Waals surface area contributed by atoms with Crippen LogP contribution in [0.2, 0.25) is 0 Å². The van der Waals surface area contributed by atoms with Gasteiger partial charge >= 0.3 is 11.9 Å². The van der Waals surface area contributed by atoms with Crippen molar-refractivity contribution in [2.24, 2.45) is 0 Å². The highest BCUT2D eigenvalue weighted by molar-refractivity contribution is 5.81. The van der Waals surface area contributed by atoms with Gasteiger partial charge in [-0.25, -0.2) is 9.59 Å². The molecule has 0 saturated heterocycles. The van der Waals surface area contributed by atoms with Crippen LogP contribution in [-0.4, -0.2) is 51.6 Å². The van der Waals surface area contributed by atoms with E-state index in [1.807, 2.05) is 6.92 Å². The Morgan fingerprint density at radius 2 is 1.32 bits per heavy atom. The van der Waals surface area contributed by atoms with Crippen molar-refractivity contribution in [2.45, 2.75) is 26.7 Å². The quantitative estimate of drug-likeness (QED) is 0.312. The minimum Gasteiger partial charge on any atom is -0.460 e. The van der Waals surface area contributed by atoms with Crippen molar-refractivity contribution in [2.75, 3.05) is 39.6 Å². The minimum atomic E-state index is -0.403. The zero-order valence-electron chi connectivity index (χ0n) is 13.7. The summed E-state index contributed by atoms with van der Waals surface area (Å²) in [7, 11) is 0. The number of rotatable bonds is 12. The predicted octanol–water partition coefficient (Wildman–Crippen LogP) is 2.28. The number of carbonyl (C=O) groups is 2. The molecule has 0 aliphatic carbocycles. The molecule has 22 heavy (non-hydrogen) atoms. The minimum absolute atomic E-state index is 0.304. The number of carbonyl (C=O) groups excluding carboxylic acids is 2. The molecule has 0 amide bonds. The number of unbranched alkanes of at least 4 members (excludes halogenated alkanes) is 1. The Bertz CT molecular complexity index is 301. The fourth-order valence-electron chi connectivity index (χ4n) is 1.01. The molecule has 6 nitrogen and oxygen atoms in total. The molecule has 0 heterocycles. The normalized spacial score (nSPS) is 9.18. The first kappa shape index (κ1) is 22.6. The lowest BCUT2D eigenvalue weighted by Gasteiger charge is -2.02. The Kier molecular flexibility index (Phi) is 19.9. The summed E-state index contributed by atoms with van der Waals surface area (Å²) in [5.41, 5.74) is 0. The molecule has 128 valence electrons. The Morgan fingerprint density at radius 3 is 1.73 bits per heavy atom. The summed E-state index contributed by atoms with van der Waals surface area (Å²) in [5, 5.41) is 0. The van der Waals surface area contributed by atoms with Crippen molar-refractivity contribution in [1.82, 2.24) is 0 Å². The second kappa shape index (κ2) is 19.3. The molecule has 0 aliphatic heterocycles. The average molecular weight is 316 g/mol. The summed E-state index contributed by atoms with van der Waals surface area (Å²) in [6, 6.07) is 0. The maximum atomic E-state index is 10.5. The molecule has 0 radical (unpaired) electrons. The Labute approximate surface area is 133 Å². The molecule has 0 spiro atoms. The van der Waals surface area contributed by atoms with Crippen molar-refractivity contribution in [1.29, 1.82) is 0 Å². The van der Waals surface area contributed by atoms with E-state index in [1.165, 1.54) is 0 Å². The molecule has 0 N–H and O–H groups in total. The highest BCUT2D eigenvalue weighted by Gasteiger charge is 1.94. The molecule has 0 aromatic rings. The number of esters is 2. The van der Waals surface area contributed by atoms with Crippen LogP contribution in [0.1, 0.15) is 26.7 Å². The second-order valence-electron chi connectivity index (χ2n) is 3.91. The molecule has 0 rings (SSSR count). The van der Waals surface area contributed by atoms with Crippen LogP contribution < -0.4 is 0 Å². The van der Waals surface area contributed by atoms with Gasteiger partial charge in [0.05, 0.1) is 13.2 Å². The van der Waals surface area contributed by atoms with Crippen molar-refractivity contribution in [3.63, 3.8) is 0 Å². The van der Waals surface area contributed by atoms with Gasteiger partial charge in [-0.05, 0) is 13.3 Å². The standard InChI is InChI=1S/C9H16O3.C7H12O3/c1-3-5-6-11-7-8-12-9(10)4-2;1-3-7(8)10-6-5-9-4-2/h4H,2-3,5-8H2,1H3;3H,1,4-6H2,2H3. The molecule has 0 aliphatic rings. The van der Waals surface area contributed by atoms with Crippen LogP contribution in [0.25, 0.3) is 0 Å². The summed E-state index contributed by atoms with van der Waals surface area (Å²) in [5.74, 6) is -0.797. The van der Waals surface area contributed by atoms with Crippen LogP contribution in [-0.2, 0) is 28.5 Å². The highest BCUT2D eigenvalue weighted by atomic mass is 16.6. The average Bonchev–Trinajstić information content (AvgIpc) is 2.54. The molecule has 0 saturated carbocycles. The monoisotopic (exact) mass is 316 g/mol. The van der Waals surface area contributed by atoms with Crippen molar-refractivity contribution in [3.05, 3.63) is 25.3 Å². The van der Waals surface area contributed by atoms with Gasteiger partial charge < -0.3 is 18.9 Å². The second-order valence-corrected chi connectivity index (χ2v) is 3.91. The maximum Gasteiger partial charge on any atom is 0.330 e. The van der Waals surface area contributed by atoms with E-state index in [0.29, 0.717) is 33.0 Å². The molecular weight excluding hydrogens is 288 g/mol. The topological polar surface area (TPSA) is 71.1 Å². The smallest absolute Gasteiger partial charge is 0.330 e. The molecule has 0 unspecified atom stereocenters. The Balaban J connectivity index is 0. The van der Waals surface area contributed by atoms with Crippen molar-refractivity contribution in [3.8, 4) is 0 Å². The summed E-state index contributed by atoms with van der Waals surface area (Å²) < 4.78 is 19.4. The van der Waals surface area contributed by atoms with Gasteiger partial charge in [0.2, 0.25) is 0 Å². The van der Waals surface area contributed by atoms with Gasteiger partial charge in [-0.1, -0.05) is 26.5 Å². The molecule has 6 heteroatoms. The molecule has 0 aromatic heterocycles. The summed E-state index contributed by atoms with van der Waals surface area (Å²) in [6.07, 6.45) is 4.44. The lowest BCUT2D eigenvalue weighted by atomic mass is 10.4. The Morgan fingerprint density at radius 1 is 0.818 bits per heavy atom. The third-order valence-electron chi connectivity index (χ3n) is 2.12. The van der Waals surface area contributed by atoms with Crippen LogP contribution in [0.4, 0.5) is 0 Å². The van der Waals surface area contributed by atoms with Crippen LogP contribution in [0.3, 0.4) is 0 Å². The van der Waals surface area contributed by atoms with E-state index >= 15 is 0 Å². The maximum absolute atomic E-state index is 10.5. The van der Waals surface area contributed by atoms with Gasteiger partial charge in [-0.15, -0.1) is 0 Å². The van der Waals surface area contributed by atoms with Gasteiger partial charge in [0.15, 0.2) is 0 Å². The van der Waals surface area contributed by atoms with Crippen LogP contribution >= 0.6 is 0 Å². The summed E-state index contributed by atoms with van der Waals surface area (Å²) in [4.78, 5) is 20.9. The van der Waals surface area contributed by atoms with E-state index in [4.69, 9.17) is 9.47 Å². The van der Waals surface area contributed by atoms with Crippen molar-refractivity contribution >= 4 is 11.9 Å². The molecule has 0 aromatic carbocycles. The number of ether oxygens (including phenoxy) is 4. The first-order chi connectivity index (χ1) is 10.6. The van der Waals surface area contributed by atoms with Crippen LogP contribution in [0.15, 0.2) is 25.3 Å². The largest absolute Gasteiger partial charge is 0.460 e. The zero-order chi connectivity index (χ0) is 17.1. The third kappa shape index (κ3) is 20.7. The molecular formula is C16H28O6. The van der Waals surface area contributed by atoms with E-state index in [9.17, 15) is 9.59 Å². The van der Waals surface area contributed by atoms with Crippen LogP contribution in [0.5, 0.6) is 0 Å². The summed E-state index contributed by atoms with van der Waals surface area (Å²) in [6.45, 7) is 13.4. The Hall–Kier alpha value is -1.66. The number of hydrogen-bond donors (Lipinski definition) is 0. The predicted molar refractivity (Wildman–Crippen MR) is 84.5 cm³/mol. The van der Waals surface area contributed by atoms with Gasteiger partial charge in [-0.2, -0.15) is 0 Å². The molecule has 0 fully saturated rings. The molecule has 0 atom stereocenters. The number of hydrogen-bond acceptors (Lipinski definition) is 6.